The molecule has 1 fully saturated rings. The third kappa shape index (κ3) is 9.07. The molecule has 1 saturated heterocycles. The average molecular weight is 499 g/mol. The van der Waals surface area contributed by atoms with E-state index in [2.05, 4.69) is 58.9 Å². The monoisotopic (exact) mass is 498 g/mol. The van der Waals surface area contributed by atoms with E-state index in [9.17, 15) is 0 Å². The standard InChI is InChI=1S/C27H46N8O/c1-8-9-23(24(14-28)13-25(34-18-30)20(4)31-6)12-22-15-35(10-11-36-16-22)27(32-7)26(19(2)3)21(5)33-17-29/h8-9,12-14,19,31-32,34H,1,4,10-11,15-18,28-30H2,2-3,5-7H3/b22-12-,23-9+,24-14?,25-13+,27-26+,33-21-. The lowest BCUT2D eigenvalue weighted by atomic mass is 9.97. The van der Waals surface area contributed by atoms with Crippen LogP contribution < -0.4 is 33.2 Å². The van der Waals surface area contributed by atoms with Gasteiger partial charge in [-0.2, -0.15) is 0 Å². The van der Waals surface area contributed by atoms with E-state index in [1.54, 1.807) is 19.3 Å². The van der Waals surface area contributed by atoms with Crippen molar-refractivity contribution < 1.29 is 4.74 Å². The summed E-state index contributed by atoms with van der Waals surface area (Å²) in [5.74, 6) is 1.29. The smallest absolute Gasteiger partial charge is 0.107 e. The summed E-state index contributed by atoms with van der Waals surface area (Å²) in [6.45, 7) is 17.3. The topological polar surface area (TPSA) is 139 Å². The fourth-order valence-electron chi connectivity index (χ4n) is 4.02. The van der Waals surface area contributed by atoms with Crippen LogP contribution in [0.3, 0.4) is 0 Å². The Hall–Kier alpha value is -3.27. The van der Waals surface area contributed by atoms with Crippen LogP contribution in [-0.4, -0.2) is 64.3 Å². The summed E-state index contributed by atoms with van der Waals surface area (Å²) in [6.07, 6.45) is 9.23. The molecule has 0 radical (unpaired) electrons. The van der Waals surface area contributed by atoms with Gasteiger partial charge < -0.3 is 42.8 Å². The van der Waals surface area contributed by atoms with Crippen molar-refractivity contribution in [2.24, 2.45) is 28.1 Å². The maximum absolute atomic E-state index is 6.06. The molecule has 0 aromatic heterocycles. The second-order valence-electron chi connectivity index (χ2n) is 8.52. The van der Waals surface area contributed by atoms with Gasteiger partial charge in [0, 0.05) is 44.7 Å². The van der Waals surface area contributed by atoms with Crippen molar-refractivity contribution in [3.05, 3.63) is 83.2 Å². The third-order valence-electron chi connectivity index (χ3n) is 5.68. The molecule has 0 aromatic carbocycles. The molecule has 9 nitrogen and oxygen atoms in total. The molecule has 0 amide bonds. The molecule has 200 valence electrons. The number of aliphatic imine (C=N–C) groups is 1. The Kier molecular flexibility index (Phi) is 14.0. The lowest BCUT2D eigenvalue weighted by molar-refractivity contribution is 0.155. The summed E-state index contributed by atoms with van der Waals surface area (Å²) in [7, 11) is 3.74. The molecule has 1 rings (SSSR count). The fraction of sp³-hybridized carbons (Fsp3) is 0.444. The number of ether oxygens (including phenoxy) is 1. The lowest BCUT2D eigenvalue weighted by Gasteiger charge is -2.30. The number of likely N-dealkylation sites (N-methyl/N-ethyl adjacent to an activating group) is 1. The second kappa shape index (κ2) is 16.4. The normalized spacial score (nSPS) is 18.1. The highest BCUT2D eigenvalue weighted by molar-refractivity contribution is 5.99. The highest BCUT2D eigenvalue weighted by Crippen LogP contribution is 2.23. The van der Waals surface area contributed by atoms with Crippen LogP contribution in [0.1, 0.15) is 20.8 Å². The zero-order valence-corrected chi connectivity index (χ0v) is 22.7. The predicted molar refractivity (Wildman–Crippen MR) is 153 cm³/mol. The van der Waals surface area contributed by atoms with E-state index in [0.717, 1.165) is 46.1 Å². The molecule has 9 N–H and O–H groups in total. The number of nitrogens with zero attached hydrogens (tertiary/aromatic N) is 2. The Balaban J connectivity index is 3.52. The van der Waals surface area contributed by atoms with Crippen LogP contribution >= 0.6 is 0 Å². The van der Waals surface area contributed by atoms with Gasteiger partial charge in [-0.05, 0) is 35.6 Å². The molecule has 0 spiro atoms. The number of allylic oxidation sites excluding steroid dienone is 7. The minimum Gasteiger partial charge on any atom is -0.404 e. The Labute approximate surface area is 217 Å². The van der Waals surface area contributed by atoms with Crippen molar-refractivity contribution in [2.75, 3.05) is 53.7 Å². The van der Waals surface area contributed by atoms with Crippen molar-refractivity contribution >= 4 is 5.71 Å². The SMILES string of the molecule is C=C/C=C(\C=C1/COCCN(/C(NC)=C(/C(C)=N\CN)C(C)C)C1)C(=CN)/C=C(/NCN)C(=C)NC. The Morgan fingerprint density at radius 3 is 2.47 bits per heavy atom. The Morgan fingerprint density at radius 2 is 1.94 bits per heavy atom. The van der Waals surface area contributed by atoms with Crippen LogP contribution in [-0.2, 0) is 4.74 Å². The van der Waals surface area contributed by atoms with Crippen molar-refractivity contribution in [1.82, 2.24) is 20.9 Å². The van der Waals surface area contributed by atoms with Gasteiger partial charge in [0.15, 0.2) is 0 Å². The van der Waals surface area contributed by atoms with E-state index in [1.807, 2.05) is 26.1 Å². The van der Waals surface area contributed by atoms with E-state index >= 15 is 0 Å². The van der Waals surface area contributed by atoms with Crippen molar-refractivity contribution in [3.8, 4) is 0 Å². The highest BCUT2D eigenvalue weighted by atomic mass is 16.5. The molecular weight excluding hydrogens is 452 g/mol. The zero-order valence-electron chi connectivity index (χ0n) is 22.7. The quantitative estimate of drug-likeness (QED) is 0.128. The van der Waals surface area contributed by atoms with Crippen LogP contribution in [0.4, 0.5) is 0 Å². The van der Waals surface area contributed by atoms with E-state index in [4.69, 9.17) is 21.9 Å². The number of hydrogen-bond acceptors (Lipinski definition) is 9. The molecular formula is C27H46N8O. The molecule has 1 heterocycles. The summed E-state index contributed by atoms with van der Waals surface area (Å²) < 4.78 is 5.97. The first-order valence-corrected chi connectivity index (χ1v) is 12.2. The van der Waals surface area contributed by atoms with Gasteiger partial charge in [0.2, 0.25) is 0 Å². The highest BCUT2D eigenvalue weighted by Gasteiger charge is 2.22. The fourth-order valence-corrected chi connectivity index (χ4v) is 4.02. The van der Waals surface area contributed by atoms with Gasteiger partial charge in [-0.1, -0.05) is 45.2 Å². The lowest BCUT2D eigenvalue weighted by Crippen LogP contribution is -2.36. The van der Waals surface area contributed by atoms with Gasteiger partial charge in [0.1, 0.15) is 5.82 Å². The molecule has 36 heavy (non-hydrogen) atoms. The summed E-state index contributed by atoms with van der Waals surface area (Å²) in [6, 6.07) is 0. The minimum absolute atomic E-state index is 0.256. The van der Waals surface area contributed by atoms with Crippen LogP contribution in [0.5, 0.6) is 0 Å². The first-order valence-electron chi connectivity index (χ1n) is 12.2. The molecule has 9 heteroatoms. The number of hydrogen-bond donors (Lipinski definition) is 6. The van der Waals surface area contributed by atoms with Crippen molar-refractivity contribution in [1.29, 1.82) is 0 Å². The van der Waals surface area contributed by atoms with Gasteiger partial charge >= 0.3 is 0 Å². The van der Waals surface area contributed by atoms with Crippen LogP contribution in [0, 0.1) is 5.92 Å². The van der Waals surface area contributed by atoms with Gasteiger partial charge in [0.25, 0.3) is 0 Å². The predicted octanol–water partition coefficient (Wildman–Crippen LogP) is 1.79. The Bertz CT molecular complexity index is 937. The second-order valence-corrected chi connectivity index (χ2v) is 8.52. The molecule has 0 bridgehead atoms. The molecule has 0 aromatic rings. The molecule has 0 atom stereocenters. The van der Waals surface area contributed by atoms with Gasteiger partial charge in [0.05, 0.1) is 37.9 Å². The summed E-state index contributed by atoms with van der Waals surface area (Å²) in [5, 5.41) is 9.57. The average Bonchev–Trinajstić information content (AvgIpc) is 3.09. The summed E-state index contributed by atoms with van der Waals surface area (Å²) in [4.78, 5) is 6.76. The molecule has 0 aliphatic carbocycles. The summed E-state index contributed by atoms with van der Waals surface area (Å²) >= 11 is 0. The molecule has 1 aliphatic heterocycles. The minimum atomic E-state index is 0.256. The van der Waals surface area contributed by atoms with E-state index in [1.165, 1.54) is 0 Å². The third-order valence-corrected chi connectivity index (χ3v) is 5.68. The van der Waals surface area contributed by atoms with Crippen molar-refractivity contribution in [3.63, 3.8) is 0 Å². The van der Waals surface area contributed by atoms with Gasteiger partial charge in [-0.3, -0.25) is 4.99 Å². The summed E-state index contributed by atoms with van der Waals surface area (Å²) in [5.41, 5.74) is 23.8. The van der Waals surface area contributed by atoms with Crippen molar-refractivity contribution in [2.45, 2.75) is 20.8 Å². The van der Waals surface area contributed by atoms with Crippen LogP contribution in [0.25, 0.3) is 0 Å². The van der Waals surface area contributed by atoms with Crippen LogP contribution in [0.15, 0.2) is 88.2 Å². The number of nitrogens with one attached hydrogen (secondary N) is 3. The first kappa shape index (κ1) is 30.8. The first-order chi connectivity index (χ1) is 17.3. The largest absolute Gasteiger partial charge is 0.404 e. The maximum Gasteiger partial charge on any atom is 0.107 e. The molecule has 1 aliphatic rings. The van der Waals surface area contributed by atoms with Gasteiger partial charge in [-0.15, -0.1) is 0 Å². The van der Waals surface area contributed by atoms with E-state index in [-0.39, 0.29) is 19.3 Å². The Morgan fingerprint density at radius 1 is 1.22 bits per heavy atom. The molecule has 0 saturated carbocycles. The zero-order chi connectivity index (χ0) is 27.1. The number of nitrogens with two attached hydrogens (primary N) is 3. The number of rotatable bonds is 13. The van der Waals surface area contributed by atoms with E-state index < -0.39 is 0 Å². The van der Waals surface area contributed by atoms with E-state index in [0.29, 0.717) is 25.5 Å². The molecule has 0 unspecified atom stereocenters. The maximum atomic E-state index is 6.06. The van der Waals surface area contributed by atoms with Crippen LogP contribution in [0.2, 0.25) is 0 Å². The van der Waals surface area contributed by atoms with Gasteiger partial charge in [-0.25, -0.2) is 0 Å².